The van der Waals surface area contributed by atoms with E-state index in [1.807, 2.05) is 0 Å². The highest BCUT2D eigenvalue weighted by atomic mass is 15.1. The first kappa shape index (κ1) is 14.4. The summed E-state index contributed by atoms with van der Waals surface area (Å²) in [5.74, 6) is 0. The molecule has 1 unspecified atom stereocenters. The van der Waals surface area contributed by atoms with E-state index in [1.165, 1.54) is 24.1 Å². The van der Waals surface area contributed by atoms with Crippen LogP contribution in [0.25, 0.3) is 0 Å². The Hall–Kier alpha value is -1.02. The molecule has 0 saturated carbocycles. The van der Waals surface area contributed by atoms with Crippen LogP contribution in [0.15, 0.2) is 24.3 Å². The van der Waals surface area contributed by atoms with Crippen molar-refractivity contribution in [3.63, 3.8) is 0 Å². The second-order valence-corrected chi connectivity index (χ2v) is 6.50. The Morgan fingerprint density at radius 3 is 2.53 bits per heavy atom. The molecule has 0 amide bonds. The Kier molecular flexibility index (Phi) is 4.51. The summed E-state index contributed by atoms with van der Waals surface area (Å²) in [6.07, 6.45) is 3.74. The monoisotopic (exact) mass is 260 g/mol. The molecule has 1 aromatic rings. The van der Waals surface area contributed by atoms with Gasteiger partial charge >= 0.3 is 0 Å². The van der Waals surface area contributed by atoms with Crippen molar-refractivity contribution in [2.24, 2.45) is 5.41 Å². The third-order valence-electron chi connectivity index (χ3n) is 4.57. The molecule has 2 nitrogen and oxygen atoms in total. The molecule has 1 saturated heterocycles. The average Bonchev–Trinajstić information content (AvgIpc) is 2.41. The van der Waals surface area contributed by atoms with Gasteiger partial charge < -0.3 is 10.2 Å². The van der Waals surface area contributed by atoms with Crippen LogP contribution in [0, 0.1) is 5.41 Å². The number of piperidine rings is 1. The van der Waals surface area contributed by atoms with Crippen LogP contribution in [0.1, 0.15) is 39.2 Å². The van der Waals surface area contributed by atoms with Crippen LogP contribution in [0.4, 0.5) is 5.69 Å². The fraction of sp³-hybridized carbons (Fsp3) is 0.647. The van der Waals surface area contributed by atoms with Crippen molar-refractivity contribution in [1.29, 1.82) is 0 Å². The highest BCUT2D eigenvalue weighted by Crippen LogP contribution is 2.31. The third kappa shape index (κ3) is 3.50. The minimum atomic E-state index is 0.399. The van der Waals surface area contributed by atoms with E-state index in [1.54, 1.807) is 0 Å². The van der Waals surface area contributed by atoms with E-state index in [0.29, 0.717) is 11.5 Å². The van der Waals surface area contributed by atoms with Crippen molar-refractivity contribution >= 4 is 5.69 Å². The third-order valence-corrected chi connectivity index (χ3v) is 4.57. The van der Waals surface area contributed by atoms with Gasteiger partial charge in [-0.1, -0.05) is 32.9 Å². The van der Waals surface area contributed by atoms with Crippen molar-refractivity contribution in [3.05, 3.63) is 29.8 Å². The SMILES string of the molecule is CCc1ccc(N(C)CC2NCCCC2(C)C)cc1. The summed E-state index contributed by atoms with van der Waals surface area (Å²) in [6.45, 7) is 9.22. The van der Waals surface area contributed by atoms with Gasteiger partial charge in [-0.25, -0.2) is 0 Å². The van der Waals surface area contributed by atoms with E-state index in [4.69, 9.17) is 0 Å². The van der Waals surface area contributed by atoms with Crippen molar-refractivity contribution in [1.82, 2.24) is 5.32 Å². The first-order valence-electron chi connectivity index (χ1n) is 7.56. The molecule has 0 radical (unpaired) electrons. The molecule has 0 aliphatic carbocycles. The topological polar surface area (TPSA) is 15.3 Å². The fourth-order valence-corrected chi connectivity index (χ4v) is 2.95. The number of nitrogens with zero attached hydrogens (tertiary/aromatic N) is 1. The Morgan fingerprint density at radius 1 is 1.26 bits per heavy atom. The van der Waals surface area contributed by atoms with Gasteiger partial charge in [0.15, 0.2) is 0 Å². The molecule has 1 N–H and O–H groups in total. The maximum absolute atomic E-state index is 3.69. The molecule has 1 fully saturated rings. The Labute approximate surface area is 118 Å². The van der Waals surface area contributed by atoms with Crippen molar-refractivity contribution in [2.45, 2.75) is 46.1 Å². The first-order chi connectivity index (χ1) is 9.03. The Balaban J connectivity index is 2.01. The lowest BCUT2D eigenvalue weighted by molar-refractivity contribution is 0.184. The molecule has 0 bridgehead atoms. The lowest BCUT2D eigenvalue weighted by Gasteiger charge is -2.41. The van der Waals surface area contributed by atoms with E-state index in [9.17, 15) is 0 Å². The largest absolute Gasteiger partial charge is 0.373 e. The second kappa shape index (κ2) is 5.96. The Bertz CT molecular complexity index is 394. The highest BCUT2D eigenvalue weighted by molar-refractivity contribution is 5.47. The van der Waals surface area contributed by atoms with E-state index >= 15 is 0 Å². The lowest BCUT2D eigenvalue weighted by Crippen LogP contribution is -2.52. The minimum Gasteiger partial charge on any atom is -0.373 e. The predicted octanol–water partition coefficient (Wildman–Crippen LogP) is 3.46. The van der Waals surface area contributed by atoms with Crippen LogP contribution in [-0.4, -0.2) is 26.2 Å². The molecule has 0 aromatic heterocycles. The number of likely N-dealkylation sites (N-methyl/N-ethyl adjacent to an activating group) is 1. The standard InChI is InChI=1S/C17H28N2/c1-5-14-7-9-15(10-8-14)19(4)13-16-17(2,3)11-6-12-18-16/h7-10,16,18H,5-6,11-13H2,1-4H3. The van der Waals surface area contributed by atoms with Gasteiger partial charge in [0, 0.05) is 25.3 Å². The van der Waals surface area contributed by atoms with Gasteiger partial charge in [0.2, 0.25) is 0 Å². The van der Waals surface area contributed by atoms with Gasteiger partial charge in [-0.05, 0) is 48.9 Å². The highest BCUT2D eigenvalue weighted by Gasteiger charge is 2.32. The van der Waals surface area contributed by atoms with Crippen molar-refractivity contribution in [2.75, 3.05) is 25.0 Å². The molecule has 2 rings (SSSR count). The molecule has 1 atom stereocenters. The number of aryl methyl sites for hydroxylation is 1. The normalized spacial score (nSPS) is 22.2. The van der Waals surface area contributed by atoms with Crippen LogP contribution in [0.2, 0.25) is 0 Å². The smallest absolute Gasteiger partial charge is 0.0364 e. The van der Waals surface area contributed by atoms with Crippen LogP contribution in [-0.2, 0) is 6.42 Å². The molecule has 1 aliphatic rings. The minimum absolute atomic E-state index is 0.399. The van der Waals surface area contributed by atoms with E-state index in [2.05, 4.69) is 62.3 Å². The molecule has 0 spiro atoms. The lowest BCUT2D eigenvalue weighted by atomic mass is 9.77. The molecule has 19 heavy (non-hydrogen) atoms. The average molecular weight is 260 g/mol. The number of hydrogen-bond acceptors (Lipinski definition) is 2. The number of anilines is 1. The van der Waals surface area contributed by atoms with E-state index in [0.717, 1.165) is 19.5 Å². The van der Waals surface area contributed by atoms with Gasteiger partial charge in [-0.2, -0.15) is 0 Å². The number of rotatable bonds is 4. The number of benzene rings is 1. The van der Waals surface area contributed by atoms with Crippen molar-refractivity contribution in [3.8, 4) is 0 Å². The number of nitrogens with one attached hydrogen (secondary N) is 1. The molecular formula is C17H28N2. The first-order valence-corrected chi connectivity index (χ1v) is 7.56. The molecular weight excluding hydrogens is 232 g/mol. The van der Waals surface area contributed by atoms with E-state index < -0.39 is 0 Å². The van der Waals surface area contributed by atoms with Gasteiger partial charge in [0.05, 0.1) is 0 Å². The quantitative estimate of drug-likeness (QED) is 0.892. The summed E-state index contributed by atoms with van der Waals surface area (Å²) >= 11 is 0. The summed E-state index contributed by atoms with van der Waals surface area (Å²) in [5, 5.41) is 3.69. The Morgan fingerprint density at radius 2 is 1.95 bits per heavy atom. The molecule has 1 aromatic carbocycles. The zero-order valence-corrected chi connectivity index (χ0v) is 12.9. The molecule has 106 valence electrons. The summed E-state index contributed by atoms with van der Waals surface area (Å²) in [5.41, 5.74) is 3.13. The summed E-state index contributed by atoms with van der Waals surface area (Å²) in [7, 11) is 2.20. The molecule has 2 heteroatoms. The maximum Gasteiger partial charge on any atom is 0.0364 e. The molecule has 1 heterocycles. The number of hydrogen-bond donors (Lipinski definition) is 1. The second-order valence-electron chi connectivity index (χ2n) is 6.50. The van der Waals surface area contributed by atoms with Crippen molar-refractivity contribution < 1.29 is 0 Å². The summed E-state index contributed by atoms with van der Waals surface area (Å²) in [4.78, 5) is 2.38. The van der Waals surface area contributed by atoms with Gasteiger partial charge in [-0.15, -0.1) is 0 Å². The molecule has 1 aliphatic heterocycles. The van der Waals surface area contributed by atoms with Gasteiger partial charge in [0.1, 0.15) is 0 Å². The van der Waals surface area contributed by atoms with Crippen LogP contribution in [0.3, 0.4) is 0 Å². The van der Waals surface area contributed by atoms with Crippen LogP contribution < -0.4 is 10.2 Å². The zero-order chi connectivity index (χ0) is 13.9. The van der Waals surface area contributed by atoms with Crippen LogP contribution in [0.5, 0.6) is 0 Å². The van der Waals surface area contributed by atoms with Gasteiger partial charge in [-0.3, -0.25) is 0 Å². The fourth-order valence-electron chi connectivity index (χ4n) is 2.95. The summed E-state index contributed by atoms with van der Waals surface area (Å²) < 4.78 is 0. The predicted molar refractivity (Wildman–Crippen MR) is 83.9 cm³/mol. The van der Waals surface area contributed by atoms with Gasteiger partial charge in [0.25, 0.3) is 0 Å². The van der Waals surface area contributed by atoms with E-state index in [-0.39, 0.29) is 0 Å². The maximum atomic E-state index is 3.69. The zero-order valence-electron chi connectivity index (χ0n) is 12.9. The summed E-state index contributed by atoms with van der Waals surface area (Å²) in [6, 6.07) is 9.55. The van der Waals surface area contributed by atoms with Crippen LogP contribution >= 0.6 is 0 Å².